The first-order valence-electron chi connectivity index (χ1n) is 4.49. The van der Waals surface area contributed by atoms with E-state index in [2.05, 4.69) is 4.98 Å². The fourth-order valence-corrected chi connectivity index (χ4v) is 1.47. The number of hydrogen-bond acceptors (Lipinski definition) is 3. The lowest BCUT2D eigenvalue weighted by Crippen LogP contribution is -2.35. The second kappa shape index (κ2) is 3.73. The lowest BCUT2D eigenvalue weighted by Gasteiger charge is -2.02. The Morgan fingerprint density at radius 3 is 2.81 bits per heavy atom. The van der Waals surface area contributed by atoms with Gasteiger partial charge in [-0.05, 0) is 18.2 Å². The van der Waals surface area contributed by atoms with Crippen molar-refractivity contribution in [1.82, 2.24) is 9.55 Å². The molecule has 6 heteroatoms. The zero-order chi connectivity index (χ0) is 11.7. The summed E-state index contributed by atoms with van der Waals surface area (Å²) in [6.07, 6.45) is 0.450. The summed E-state index contributed by atoms with van der Waals surface area (Å²) in [4.78, 5) is 35.7. The average molecular weight is 222 g/mol. The maximum Gasteiger partial charge on any atom is 0.329 e. The van der Waals surface area contributed by atoms with Gasteiger partial charge in [-0.3, -0.25) is 9.36 Å². The topological polar surface area (TPSA) is 71.9 Å². The average Bonchev–Trinajstić information content (AvgIpc) is 2.23. The van der Waals surface area contributed by atoms with Gasteiger partial charge in [-0.2, -0.15) is 0 Å². The van der Waals surface area contributed by atoms with Gasteiger partial charge in [0.1, 0.15) is 12.1 Å². The molecule has 5 nitrogen and oxygen atoms in total. The van der Waals surface area contributed by atoms with Crippen LogP contribution in [0.5, 0.6) is 0 Å². The minimum Gasteiger partial charge on any atom is -0.307 e. The van der Waals surface area contributed by atoms with Crippen molar-refractivity contribution in [3.63, 3.8) is 0 Å². The fourth-order valence-electron chi connectivity index (χ4n) is 1.47. The molecule has 2 aromatic rings. The van der Waals surface area contributed by atoms with Crippen LogP contribution in [0.25, 0.3) is 10.9 Å². The number of aldehydes is 1. The van der Waals surface area contributed by atoms with Crippen molar-refractivity contribution in [2.24, 2.45) is 0 Å². The molecular weight excluding hydrogens is 215 g/mol. The number of aromatic amines is 1. The maximum absolute atomic E-state index is 12.9. The number of hydrogen-bond donors (Lipinski definition) is 1. The van der Waals surface area contributed by atoms with E-state index in [1.165, 1.54) is 6.07 Å². The van der Waals surface area contributed by atoms with Crippen molar-refractivity contribution in [1.29, 1.82) is 0 Å². The van der Waals surface area contributed by atoms with Gasteiger partial charge in [-0.25, -0.2) is 9.18 Å². The van der Waals surface area contributed by atoms with Crippen LogP contribution >= 0.6 is 0 Å². The second-order valence-electron chi connectivity index (χ2n) is 3.20. The van der Waals surface area contributed by atoms with Crippen molar-refractivity contribution in [3.8, 4) is 0 Å². The van der Waals surface area contributed by atoms with E-state index in [-0.39, 0.29) is 17.4 Å². The molecular formula is C10H7FN2O3. The molecule has 0 amide bonds. The highest BCUT2D eigenvalue weighted by atomic mass is 19.1. The number of fused-ring (bicyclic) bond motifs is 1. The predicted molar refractivity (Wildman–Crippen MR) is 54.9 cm³/mol. The summed E-state index contributed by atoms with van der Waals surface area (Å²) in [7, 11) is 0. The van der Waals surface area contributed by atoms with Crippen LogP contribution in [-0.4, -0.2) is 15.8 Å². The molecule has 0 unspecified atom stereocenters. The van der Waals surface area contributed by atoms with Crippen LogP contribution in [0.3, 0.4) is 0 Å². The number of halogens is 1. The molecule has 82 valence electrons. The molecule has 1 N–H and O–H groups in total. The molecule has 0 radical (unpaired) electrons. The largest absolute Gasteiger partial charge is 0.329 e. The van der Waals surface area contributed by atoms with E-state index in [4.69, 9.17) is 0 Å². The van der Waals surface area contributed by atoms with Crippen LogP contribution in [-0.2, 0) is 11.3 Å². The van der Waals surface area contributed by atoms with Crippen LogP contribution < -0.4 is 11.2 Å². The third kappa shape index (κ3) is 1.54. The summed E-state index contributed by atoms with van der Waals surface area (Å²) in [5, 5.41) is 0.169. The Morgan fingerprint density at radius 1 is 1.38 bits per heavy atom. The van der Waals surface area contributed by atoms with Crippen LogP contribution in [0, 0.1) is 5.82 Å². The van der Waals surface area contributed by atoms with Gasteiger partial charge >= 0.3 is 5.69 Å². The van der Waals surface area contributed by atoms with Gasteiger partial charge < -0.3 is 9.78 Å². The molecule has 1 aromatic carbocycles. The summed E-state index contributed by atoms with van der Waals surface area (Å²) in [5.74, 6) is -0.546. The van der Waals surface area contributed by atoms with Crippen molar-refractivity contribution >= 4 is 17.2 Å². The van der Waals surface area contributed by atoms with Gasteiger partial charge in [0.25, 0.3) is 5.56 Å². The van der Waals surface area contributed by atoms with E-state index in [0.717, 1.165) is 16.7 Å². The van der Waals surface area contributed by atoms with Crippen LogP contribution in [0.2, 0.25) is 0 Å². The van der Waals surface area contributed by atoms with Gasteiger partial charge in [-0.1, -0.05) is 0 Å². The highest BCUT2D eigenvalue weighted by Crippen LogP contribution is 2.06. The smallest absolute Gasteiger partial charge is 0.307 e. The maximum atomic E-state index is 12.9. The van der Waals surface area contributed by atoms with Gasteiger partial charge in [0.05, 0.1) is 17.4 Å². The highest BCUT2D eigenvalue weighted by Gasteiger charge is 2.07. The van der Waals surface area contributed by atoms with Crippen molar-refractivity contribution in [2.75, 3.05) is 0 Å². The first kappa shape index (κ1) is 10.3. The van der Waals surface area contributed by atoms with Crippen LogP contribution in [0.15, 0.2) is 27.8 Å². The minimum absolute atomic E-state index is 0.122. The number of aromatic nitrogens is 2. The number of carbonyl (C=O) groups excluding carboxylic acids is 1. The molecule has 1 aromatic heterocycles. The summed E-state index contributed by atoms with van der Waals surface area (Å²) >= 11 is 0. The Labute approximate surface area is 88.1 Å². The van der Waals surface area contributed by atoms with Crippen molar-refractivity contribution in [3.05, 3.63) is 44.9 Å². The van der Waals surface area contributed by atoms with E-state index in [9.17, 15) is 18.8 Å². The fraction of sp³-hybridized carbons (Fsp3) is 0.100. The third-order valence-electron chi connectivity index (χ3n) is 2.20. The van der Waals surface area contributed by atoms with Gasteiger partial charge in [0.2, 0.25) is 0 Å². The summed E-state index contributed by atoms with van der Waals surface area (Å²) in [5.41, 5.74) is -1.21. The van der Waals surface area contributed by atoms with E-state index in [1.54, 1.807) is 0 Å². The molecule has 0 bridgehead atoms. The SMILES string of the molecule is O=CCn1c(=O)[nH]c2cc(F)ccc2c1=O. The van der Waals surface area contributed by atoms with Crippen molar-refractivity contribution < 1.29 is 9.18 Å². The Kier molecular flexibility index (Phi) is 2.40. The number of benzene rings is 1. The van der Waals surface area contributed by atoms with E-state index < -0.39 is 17.1 Å². The highest BCUT2D eigenvalue weighted by molar-refractivity contribution is 5.77. The van der Waals surface area contributed by atoms with Gasteiger partial charge in [0, 0.05) is 0 Å². The predicted octanol–water partition coefficient (Wildman–Crippen LogP) is 0.0278. The lowest BCUT2D eigenvalue weighted by atomic mass is 10.2. The molecule has 1 heterocycles. The minimum atomic E-state index is -0.727. The Bertz CT molecular complexity index is 672. The molecule has 0 atom stereocenters. The molecule has 16 heavy (non-hydrogen) atoms. The van der Waals surface area contributed by atoms with Crippen LogP contribution in [0.1, 0.15) is 0 Å². The van der Waals surface area contributed by atoms with Crippen LogP contribution in [0.4, 0.5) is 4.39 Å². The molecule has 0 saturated carbocycles. The normalized spacial score (nSPS) is 10.6. The standard InChI is InChI=1S/C10H7FN2O3/c11-6-1-2-7-8(5-6)12-10(16)13(3-4-14)9(7)15/h1-2,4-5H,3H2,(H,12,16). The first-order valence-corrected chi connectivity index (χ1v) is 4.49. The van der Waals surface area contributed by atoms with Crippen molar-refractivity contribution in [2.45, 2.75) is 6.54 Å². The number of carbonyl (C=O) groups is 1. The van der Waals surface area contributed by atoms with Gasteiger partial charge in [-0.15, -0.1) is 0 Å². The number of H-pyrrole nitrogens is 1. The molecule has 0 spiro atoms. The molecule has 0 aliphatic heterocycles. The lowest BCUT2D eigenvalue weighted by molar-refractivity contribution is -0.108. The van der Waals surface area contributed by atoms with E-state index in [1.807, 2.05) is 0 Å². The zero-order valence-corrected chi connectivity index (χ0v) is 8.07. The Hall–Kier alpha value is -2.24. The quantitative estimate of drug-likeness (QED) is 0.728. The number of nitrogens with zero attached hydrogens (tertiary/aromatic N) is 1. The molecule has 0 fully saturated rings. The molecule has 0 aliphatic rings. The molecule has 0 aliphatic carbocycles. The zero-order valence-electron chi connectivity index (χ0n) is 8.07. The Balaban J connectivity index is 2.89. The van der Waals surface area contributed by atoms with E-state index >= 15 is 0 Å². The molecule has 0 saturated heterocycles. The number of nitrogens with one attached hydrogen (secondary N) is 1. The monoisotopic (exact) mass is 222 g/mol. The summed E-state index contributed by atoms with van der Waals surface area (Å²) < 4.78 is 13.6. The van der Waals surface area contributed by atoms with E-state index in [0.29, 0.717) is 6.29 Å². The van der Waals surface area contributed by atoms with Gasteiger partial charge in [0.15, 0.2) is 0 Å². The summed E-state index contributed by atoms with van der Waals surface area (Å²) in [6, 6.07) is 3.45. The summed E-state index contributed by atoms with van der Waals surface area (Å²) in [6.45, 7) is -0.318. The second-order valence-corrected chi connectivity index (χ2v) is 3.20. The number of rotatable bonds is 2. The Morgan fingerprint density at radius 2 is 2.12 bits per heavy atom. The third-order valence-corrected chi connectivity index (χ3v) is 2.20. The molecule has 2 rings (SSSR count). The first-order chi connectivity index (χ1) is 7.63.